The Morgan fingerprint density at radius 3 is 2.43 bits per heavy atom. The Morgan fingerprint density at radius 1 is 1.19 bits per heavy atom. The fraction of sp³-hybridized carbons (Fsp3) is 0.500. The minimum Gasteiger partial charge on any atom is -0.439 e. The predicted molar refractivity (Wildman–Crippen MR) is 87.3 cm³/mol. The summed E-state index contributed by atoms with van der Waals surface area (Å²) in [5, 5.41) is 3.39. The van der Waals surface area contributed by atoms with Crippen molar-refractivity contribution in [3.05, 3.63) is 41.9 Å². The zero-order valence-electron chi connectivity index (χ0n) is 13.7. The summed E-state index contributed by atoms with van der Waals surface area (Å²) in [4.78, 5) is 4.39. The van der Waals surface area contributed by atoms with Crippen molar-refractivity contribution in [2.75, 3.05) is 6.54 Å². The largest absolute Gasteiger partial charge is 0.439 e. The lowest BCUT2D eigenvalue weighted by molar-refractivity contribution is 0.423. The summed E-state index contributed by atoms with van der Waals surface area (Å²) in [6, 6.07) is 8.68. The van der Waals surface area contributed by atoms with E-state index in [1.807, 2.05) is 6.20 Å². The van der Waals surface area contributed by atoms with Crippen molar-refractivity contribution in [3.63, 3.8) is 0 Å². The van der Waals surface area contributed by atoms with Gasteiger partial charge < -0.3 is 9.73 Å². The number of nitrogens with one attached hydrogen (secondary N) is 1. The topological polar surface area (TPSA) is 38.1 Å². The highest BCUT2D eigenvalue weighted by atomic mass is 16.4. The lowest BCUT2D eigenvalue weighted by Crippen LogP contribution is -2.19. The van der Waals surface area contributed by atoms with E-state index in [1.165, 1.54) is 5.56 Å². The van der Waals surface area contributed by atoms with Crippen LogP contribution in [0.2, 0.25) is 0 Å². The van der Waals surface area contributed by atoms with E-state index in [1.54, 1.807) is 0 Å². The van der Waals surface area contributed by atoms with Gasteiger partial charge >= 0.3 is 0 Å². The summed E-state index contributed by atoms with van der Waals surface area (Å²) in [7, 11) is 0. The molecule has 0 aliphatic carbocycles. The zero-order chi connectivity index (χ0) is 15.5. The lowest BCUT2D eigenvalue weighted by atomic mass is 9.86. The first-order chi connectivity index (χ1) is 9.91. The van der Waals surface area contributed by atoms with Crippen LogP contribution in [-0.4, -0.2) is 11.5 Å². The third-order valence-corrected chi connectivity index (χ3v) is 3.63. The van der Waals surface area contributed by atoms with Gasteiger partial charge in [0.25, 0.3) is 0 Å². The molecule has 0 aliphatic heterocycles. The first-order valence-electron chi connectivity index (χ1n) is 7.72. The van der Waals surface area contributed by atoms with Crippen LogP contribution in [0.15, 0.2) is 34.9 Å². The molecule has 0 saturated carbocycles. The van der Waals surface area contributed by atoms with Crippen molar-refractivity contribution in [1.29, 1.82) is 0 Å². The van der Waals surface area contributed by atoms with E-state index >= 15 is 0 Å². The van der Waals surface area contributed by atoms with E-state index < -0.39 is 0 Å². The molecule has 0 spiro atoms. The maximum absolute atomic E-state index is 5.88. The standard InChI is InChI=1S/C18H26N2O/c1-6-11-19-13(2)17-20-12-16(21-17)14-7-9-15(10-8-14)18(3,4)5/h7-10,12-13,19H,6,11H2,1-5H3. The van der Waals surface area contributed by atoms with Gasteiger partial charge in [-0.3, -0.25) is 0 Å². The number of nitrogens with zero attached hydrogens (tertiary/aromatic N) is 1. The van der Waals surface area contributed by atoms with Crippen LogP contribution in [-0.2, 0) is 5.41 Å². The van der Waals surface area contributed by atoms with Crippen LogP contribution in [0.3, 0.4) is 0 Å². The predicted octanol–water partition coefficient (Wildman–Crippen LogP) is 4.70. The molecule has 1 atom stereocenters. The van der Waals surface area contributed by atoms with Gasteiger partial charge in [0, 0.05) is 5.56 Å². The molecule has 1 heterocycles. The molecule has 2 aromatic rings. The molecular weight excluding hydrogens is 260 g/mol. The fourth-order valence-electron chi connectivity index (χ4n) is 2.20. The van der Waals surface area contributed by atoms with E-state index in [9.17, 15) is 0 Å². The molecular formula is C18H26N2O. The summed E-state index contributed by atoms with van der Waals surface area (Å²) in [5.41, 5.74) is 2.57. The number of oxazole rings is 1. The van der Waals surface area contributed by atoms with Crippen LogP contribution in [0.4, 0.5) is 0 Å². The van der Waals surface area contributed by atoms with Gasteiger partial charge in [-0.2, -0.15) is 0 Å². The summed E-state index contributed by atoms with van der Waals surface area (Å²) < 4.78 is 5.88. The smallest absolute Gasteiger partial charge is 0.211 e. The Morgan fingerprint density at radius 2 is 1.86 bits per heavy atom. The third kappa shape index (κ3) is 3.94. The third-order valence-electron chi connectivity index (χ3n) is 3.63. The van der Waals surface area contributed by atoms with Gasteiger partial charge in [-0.25, -0.2) is 4.98 Å². The Bertz CT molecular complexity index is 564. The second kappa shape index (κ2) is 6.44. The van der Waals surface area contributed by atoms with E-state index in [0.717, 1.165) is 30.2 Å². The quantitative estimate of drug-likeness (QED) is 0.865. The van der Waals surface area contributed by atoms with Crippen molar-refractivity contribution < 1.29 is 4.42 Å². The number of hydrogen-bond acceptors (Lipinski definition) is 3. The van der Waals surface area contributed by atoms with Crippen LogP contribution in [0.1, 0.15) is 58.5 Å². The Labute approximate surface area is 127 Å². The Kier molecular flexibility index (Phi) is 4.84. The number of hydrogen-bond donors (Lipinski definition) is 1. The first kappa shape index (κ1) is 15.8. The maximum Gasteiger partial charge on any atom is 0.211 e. The average molecular weight is 286 g/mol. The Balaban J connectivity index is 2.14. The second-order valence-corrected chi connectivity index (χ2v) is 6.57. The highest BCUT2D eigenvalue weighted by Gasteiger charge is 2.15. The van der Waals surface area contributed by atoms with Gasteiger partial charge in [-0.1, -0.05) is 52.0 Å². The molecule has 0 amide bonds. The van der Waals surface area contributed by atoms with Gasteiger partial charge in [-0.15, -0.1) is 0 Å². The van der Waals surface area contributed by atoms with E-state index in [4.69, 9.17) is 4.42 Å². The van der Waals surface area contributed by atoms with Crippen LogP contribution >= 0.6 is 0 Å². The summed E-state index contributed by atoms with van der Waals surface area (Å²) in [5.74, 6) is 1.58. The van der Waals surface area contributed by atoms with Crippen molar-refractivity contribution in [2.24, 2.45) is 0 Å². The fourth-order valence-corrected chi connectivity index (χ4v) is 2.20. The van der Waals surface area contributed by atoms with Crippen LogP contribution in [0, 0.1) is 0 Å². The highest BCUT2D eigenvalue weighted by Crippen LogP contribution is 2.27. The molecule has 0 aliphatic rings. The van der Waals surface area contributed by atoms with Gasteiger partial charge in [0.15, 0.2) is 5.76 Å². The van der Waals surface area contributed by atoms with Gasteiger partial charge in [0.2, 0.25) is 5.89 Å². The number of rotatable bonds is 5. The molecule has 1 N–H and O–H groups in total. The maximum atomic E-state index is 5.88. The molecule has 0 radical (unpaired) electrons. The summed E-state index contributed by atoms with van der Waals surface area (Å²) >= 11 is 0. The van der Waals surface area contributed by atoms with E-state index in [2.05, 4.69) is 69.2 Å². The molecule has 3 heteroatoms. The van der Waals surface area contributed by atoms with Gasteiger partial charge in [-0.05, 0) is 30.9 Å². The average Bonchev–Trinajstić information content (AvgIpc) is 2.94. The van der Waals surface area contributed by atoms with E-state index in [0.29, 0.717) is 0 Å². The number of benzene rings is 1. The normalized spacial score (nSPS) is 13.4. The molecule has 114 valence electrons. The molecule has 0 fully saturated rings. The molecule has 0 bridgehead atoms. The van der Waals surface area contributed by atoms with Gasteiger partial charge in [0.05, 0.1) is 12.2 Å². The molecule has 1 aromatic carbocycles. The SMILES string of the molecule is CCCNC(C)c1ncc(-c2ccc(C(C)(C)C)cc2)o1. The lowest BCUT2D eigenvalue weighted by Gasteiger charge is -2.18. The zero-order valence-corrected chi connectivity index (χ0v) is 13.7. The van der Waals surface area contributed by atoms with Crippen molar-refractivity contribution in [3.8, 4) is 11.3 Å². The van der Waals surface area contributed by atoms with Crippen molar-refractivity contribution in [1.82, 2.24) is 10.3 Å². The second-order valence-electron chi connectivity index (χ2n) is 6.57. The monoisotopic (exact) mass is 286 g/mol. The molecule has 2 rings (SSSR count). The summed E-state index contributed by atoms with van der Waals surface area (Å²) in [6.45, 7) is 11.9. The molecule has 3 nitrogen and oxygen atoms in total. The minimum atomic E-state index is 0.146. The first-order valence-corrected chi connectivity index (χ1v) is 7.72. The molecule has 1 aromatic heterocycles. The Hall–Kier alpha value is -1.61. The minimum absolute atomic E-state index is 0.146. The van der Waals surface area contributed by atoms with Crippen LogP contribution in [0.25, 0.3) is 11.3 Å². The molecule has 0 saturated heterocycles. The van der Waals surface area contributed by atoms with Crippen LogP contribution in [0.5, 0.6) is 0 Å². The molecule has 21 heavy (non-hydrogen) atoms. The molecule has 1 unspecified atom stereocenters. The van der Waals surface area contributed by atoms with Crippen LogP contribution < -0.4 is 5.32 Å². The number of aromatic nitrogens is 1. The van der Waals surface area contributed by atoms with Gasteiger partial charge in [0.1, 0.15) is 0 Å². The summed E-state index contributed by atoms with van der Waals surface area (Å²) in [6.07, 6.45) is 2.91. The van der Waals surface area contributed by atoms with Crippen molar-refractivity contribution >= 4 is 0 Å². The van der Waals surface area contributed by atoms with E-state index in [-0.39, 0.29) is 11.5 Å². The highest BCUT2D eigenvalue weighted by molar-refractivity contribution is 5.57. The van der Waals surface area contributed by atoms with Crippen molar-refractivity contribution in [2.45, 2.75) is 52.5 Å².